The van der Waals surface area contributed by atoms with Gasteiger partial charge in [-0.05, 0) is 36.8 Å². The summed E-state index contributed by atoms with van der Waals surface area (Å²) in [6, 6.07) is 16.9. The molecule has 0 saturated heterocycles. The van der Waals surface area contributed by atoms with Crippen LogP contribution in [0.2, 0.25) is 0 Å². The predicted molar refractivity (Wildman–Crippen MR) is 94.7 cm³/mol. The molecular weight excluding hydrogens is 326 g/mol. The summed E-state index contributed by atoms with van der Waals surface area (Å²) in [6.45, 7) is 3.50. The van der Waals surface area contributed by atoms with Crippen molar-refractivity contribution in [3.05, 3.63) is 60.2 Å². The van der Waals surface area contributed by atoms with Crippen LogP contribution in [-0.2, 0) is 21.3 Å². The highest BCUT2D eigenvalue weighted by molar-refractivity contribution is 7.88. The molecule has 6 heteroatoms. The second-order valence-corrected chi connectivity index (χ2v) is 7.33. The van der Waals surface area contributed by atoms with E-state index in [1.807, 2.05) is 61.5 Å². The quantitative estimate of drug-likeness (QED) is 0.652. The summed E-state index contributed by atoms with van der Waals surface area (Å²) < 4.78 is 36.2. The predicted octanol–water partition coefficient (Wildman–Crippen LogP) is 3.28. The fourth-order valence-electron chi connectivity index (χ4n) is 2.16. The van der Waals surface area contributed by atoms with Crippen molar-refractivity contribution in [1.29, 1.82) is 0 Å². The van der Waals surface area contributed by atoms with E-state index >= 15 is 0 Å². The number of sulfonamides is 1. The molecule has 0 heterocycles. The Kier molecular flexibility index (Phi) is 6.78. The average Bonchev–Trinajstić information content (AvgIpc) is 2.56. The maximum atomic E-state index is 11.9. The van der Waals surface area contributed by atoms with Crippen molar-refractivity contribution < 1.29 is 17.9 Å². The van der Waals surface area contributed by atoms with E-state index in [0.717, 1.165) is 11.3 Å². The number of para-hydroxylation sites is 1. The Balaban J connectivity index is 2.00. The lowest BCUT2D eigenvalue weighted by atomic mass is 10.2. The van der Waals surface area contributed by atoms with Gasteiger partial charge >= 0.3 is 0 Å². The molecule has 0 N–H and O–H groups in total. The van der Waals surface area contributed by atoms with Crippen LogP contribution in [0.5, 0.6) is 11.5 Å². The maximum absolute atomic E-state index is 11.9. The summed E-state index contributed by atoms with van der Waals surface area (Å²) in [6.07, 6.45) is 1.21. The molecule has 0 amide bonds. The third-order valence-corrected chi connectivity index (χ3v) is 4.67. The van der Waals surface area contributed by atoms with Crippen LogP contribution in [0.4, 0.5) is 0 Å². The monoisotopic (exact) mass is 349 g/mol. The van der Waals surface area contributed by atoms with E-state index in [4.69, 9.17) is 9.47 Å². The lowest BCUT2D eigenvalue weighted by Gasteiger charge is -2.20. The number of hydrogen-bond acceptors (Lipinski definition) is 4. The summed E-state index contributed by atoms with van der Waals surface area (Å²) in [5, 5.41) is 0. The number of rotatable bonds is 9. The molecule has 0 aliphatic carbocycles. The van der Waals surface area contributed by atoms with Crippen molar-refractivity contribution in [1.82, 2.24) is 4.31 Å². The van der Waals surface area contributed by atoms with Gasteiger partial charge < -0.3 is 9.47 Å². The highest BCUT2D eigenvalue weighted by atomic mass is 32.2. The van der Waals surface area contributed by atoms with Crippen molar-refractivity contribution in [3.63, 3.8) is 0 Å². The Morgan fingerprint density at radius 1 is 0.958 bits per heavy atom. The summed E-state index contributed by atoms with van der Waals surface area (Å²) in [5.41, 5.74) is 0.900. The molecule has 0 bridgehead atoms. The van der Waals surface area contributed by atoms with Crippen molar-refractivity contribution in [3.8, 4) is 11.5 Å². The highest BCUT2D eigenvalue weighted by Crippen LogP contribution is 2.21. The molecule has 5 nitrogen and oxygen atoms in total. The van der Waals surface area contributed by atoms with Crippen molar-refractivity contribution in [2.45, 2.75) is 13.5 Å². The molecule has 0 aromatic heterocycles. The van der Waals surface area contributed by atoms with Crippen LogP contribution in [0, 0.1) is 0 Å². The van der Waals surface area contributed by atoms with Crippen molar-refractivity contribution in [2.75, 3.05) is 26.0 Å². The number of nitrogens with zero attached hydrogens (tertiary/aromatic N) is 1. The van der Waals surface area contributed by atoms with E-state index < -0.39 is 10.0 Å². The minimum atomic E-state index is -3.28. The van der Waals surface area contributed by atoms with Gasteiger partial charge in [-0.1, -0.05) is 30.3 Å². The van der Waals surface area contributed by atoms with Gasteiger partial charge in [-0.3, -0.25) is 0 Å². The zero-order chi connectivity index (χ0) is 17.4. The van der Waals surface area contributed by atoms with Gasteiger partial charge in [-0.2, -0.15) is 4.31 Å². The first-order chi connectivity index (χ1) is 11.5. The Hall–Kier alpha value is -1.89. The zero-order valence-corrected chi connectivity index (χ0v) is 14.8. The molecule has 0 fully saturated rings. The van der Waals surface area contributed by atoms with Crippen LogP contribution in [-0.4, -0.2) is 38.7 Å². The fourth-order valence-corrected chi connectivity index (χ4v) is 2.95. The Bertz CT molecular complexity index is 714. The topological polar surface area (TPSA) is 55.8 Å². The molecule has 0 atom stereocenters. The van der Waals surface area contributed by atoms with Gasteiger partial charge in [0, 0.05) is 19.7 Å². The molecule has 24 heavy (non-hydrogen) atoms. The van der Waals surface area contributed by atoms with Crippen molar-refractivity contribution >= 4 is 10.0 Å². The maximum Gasteiger partial charge on any atom is 0.211 e. The lowest BCUT2D eigenvalue weighted by molar-refractivity contribution is 0.133. The fraction of sp³-hybridized carbons (Fsp3) is 0.333. The van der Waals surface area contributed by atoms with E-state index in [-0.39, 0.29) is 0 Å². The molecule has 0 aliphatic rings. The Morgan fingerprint density at radius 2 is 1.58 bits per heavy atom. The molecule has 2 rings (SSSR count). The van der Waals surface area contributed by atoms with Crippen LogP contribution in [0.15, 0.2) is 54.6 Å². The normalized spacial score (nSPS) is 11.6. The number of benzene rings is 2. The molecule has 2 aromatic carbocycles. The first kappa shape index (κ1) is 18.4. The first-order valence-corrected chi connectivity index (χ1v) is 9.68. The van der Waals surface area contributed by atoms with Gasteiger partial charge in [-0.25, -0.2) is 8.42 Å². The Labute approximate surface area is 143 Å². The molecule has 2 aromatic rings. The zero-order valence-electron chi connectivity index (χ0n) is 14.0. The highest BCUT2D eigenvalue weighted by Gasteiger charge is 2.16. The van der Waals surface area contributed by atoms with Crippen LogP contribution in [0.25, 0.3) is 0 Å². The van der Waals surface area contributed by atoms with Gasteiger partial charge in [0.2, 0.25) is 10.0 Å². The smallest absolute Gasteiger partial charge is 0.211 e. The molecule has 0 aliphatic heterocycles. The lowest BCUT2D eigenvalue weighted by Crippen LogP contribution is -2.32. The van der Waals surface area contributed by atoms with Crippen LogP contribution < -0.4 is 4.74 Å². The minimum Gasteiger partial charge on any atom is -0.457 e. The van der Waals surface area contributed by atoms with E-state index in [1.54, 1.807) is 0 Å². The van der Waals surface area contributed by atoms with Gasteiger partial charge in [0.1, 0.15) is 11.5 Å². The second kappa shape index (κ2) is 8.82. The summed E-state index contributed by atoms with van der Waals surface area (Å²) in [4.78, 5) is 0. The standard InChI is InChI=1S/C18H23NO4S/c1-3-22-14-13-19(24(2,20)21)15-16-9-11-18(12-10-16)23-17-7-5-4-6-8-17/h4-12H,3,13-15H2,1-2H3. The van der Waals surface area contributed by atoms with E-state index in [0.29, 0.717) is 32.1 Å². The molecule has 0 unspecified atom stereocenters. The molecule has 130 valence electrons. The molecule has 0 spiro atoms. The van der Waals surface area contributed by atoms with Crippen LogP contribution >= 0.6 is 0 Å². The van der Waals surface area contributed by atoms with E-state index in [1.165, 1.54) is 10.6 Å². The largest absolute Gasteiger partial charge is 0.457 e. The van der Waals surface area contributed by atoms with E-state index in [2.05, 4.69) is 0 Å². The third kappa shape index (κ3) is 5.96. The van der Waals surface area contributed by atoms with Gasteiger partial charge in [0.15, 0.2) is 0 Å². The molecule has 0 saturated carbocycles. The van der Waals surface area contributed by atoms with E-state index in [9.17, 15) is 8.42 Å². The summed E-state index contributed by atoms with van der Waals surface area (Å²) in [5.74, 6) is 1.48. The molecule has 0 radical (unpaired) electrons. The minimum absolute atomic E-state index is 0.317. The molecular formula is C18H23NO4S. The Morgan fingerprint density at radius 3 is 2.17 bits per heavy atom. The third-order valence-electron chi connectivity index (χ3n) is 3.42. The first-order valence-electron chi connectivity index (χ1n) is 7.83. The number of ether oxygens (including phenoxy) is 2. The average molecular weight is 349 g/mol. The van der Waals surface area contributed by atoms with Crippen LogP contribution in [0.1, 0.15) is 12.5 Å². The van der Waals surface area contributed by atoms with Crippen LogP contribution in [0.3, 0.4) is 0 Å². The van der Waals surface area contributed by atoms with Gasteiger partial charge in [0.05, 0.1) is 12.9 Å². The van der Waals surface area contributed by atoms with Gasteiger partial charge in [-0.15, -0.1) is 0 Å². The summed E-state index contributed by atoms with van der Waals surface area (Å²) >= 11 is 0. The second-order valence-electron chi connectivity index (χ2n) is 5.35. The SMILES string of the molecule is CCOCCN(Cc1ccc(Oc2ccccc2)cc1)S(C)(=O)=O. The number of hydrogen-bond donors (Lipinski definition) is 0. The summed E-state index contributed by atoms with van der Waals surface area (Å²) in [7, 11) is -3.28. The van der Waals surface area contributed by atoms with Crippen molar-refractivity contribution in [2.24, 2.45) is 0 Å². The van der Waals surface area contributed by atoms with Gasteiger partial charge in [0.25, 0.3) is 0 Å².